The summed E-state index contributed by atoms with van der Waals surface area (Å²) in [5.41, 5.74) is 2.95. The van der Waals surface area contributed by atoms with Gasteiger partial charge in [-0.1, -0.05) is 13.0 Å². The summed E-state index contributed by atoms with van der Waals surface area (Å²) in [4.78, 5) is 24.4. The highest BCUT2D eigenvalue weighted by Gasteiger charge is 2.30. The Bertz CT molecular complexity index is 844. The highest BCUT2D eigenvalue weighted by molar-refractivity contribution is 7.90. The van der Waals surface area contributed by atoms with E-state index in [4.69, 9.17) is 4.74 Å². The van der Waals surface area contributed by atoms with Crippen LogP contribution in [0.25, 0.3) is 0 Å². The molecule has 2 rings (SSSR count). The average Bonchev–Trinajstić information content (AvgIpc) is 3.42. The van der Waals surface area contributed by atoms with Crippen molar-refractivity contribution >= 4 is 33.6 Å². The smallest absolute Gasteiger partial charge is 0.429 e. The molecule has 0 unspecified atom stereocenters. The number of rotatable bonds is 9. The largest absolute Gasteiger partial charge is 0.442 e. The quantitative estimate of drug-likeness (QED) is 0.461. The van der Waals surface area contributed by atoms with Gasteiger partial charge in [0.25, 0.3) is 0 Å². The van der Waals surface area contributed by atoms with Crippen LogP contribution in [0.5, 0.6) is 0 Å². The molecule has 29 heavy (non-hydrogen) atoms. The molecule has 1 atom stereocenters. The zero-order valence-corrected chi connectivity index (χ0v) is 18.5. The minimum atomic E-state index is -3.51. The zero-order valence-electron chi connectivity index (χ0n) is 17.7. The Kier molecular flexibility index (Phi) is 7.15. The van der Waals surface area contributed by atoms with Crippen LogP contribution in [0.15, 0.2) is 23.1 Å². The Morgan fingerprint density at radius 1 is 1.34 bits per heavy atom. The number of carbonyl (C=O) groups excluding carboxylic acids is 2. The van der Waals surface area contributed by atoms with Crippen molar-refractivity contribution in [3.63, 3.8) is 0 Å². The number of nitrogens with zero attached hydrogens (tertiary/aromatic N) is 1. The van der Waals surface area contributed by atoms with Gasteiger partial charge in [-0.15, -0.1) is 0 Å². The van der Waals surface area contributed by atoms with E-state index in [1.807, 2.05) is 0 Å². The number of ether oxygens (including phenoxy) is 1. The molecule has 0 spiro atoms. The number of sulfone groups is 1. The van der Waals surface area contributed by atoms with E-state index in [1.165, 1.54) is 6.07 Å². The third-order valence-electron chi connectivity index (χ3n) is 4.43. The molecule has 9 heteroatoms. The first-order chi connectivity index (χ1) is 13.5. The monoisotopic (exact) mass is 425 g/mol. The summed E-state index contributed by atoms with van der Waals surface area (Å²) in [6.07, 6.45) is 3.66. The molecule has 0 aromatic heterocycles. The lowest BCUT2D eigenvalue weighted by Gasteiger charge is -2.32. The normalized spacial score (nSPS) is 15.3. The molecule has 1 saturated carbocycles. The first-order valence-electron chi connectivity index (χ1n) is 9.77. The van der Waals surface area contributed by atoms with Crippen molar-refractivity contribution in [3.8, 4) is 0 Å². The Labute approximate surface area is 172 Å². The molecule has 2 N–H and O–H groups in total. The fourth-order valence-electron chi connectivity index (χ4n) is 2.73. The van der Waals surface area contributed by atoms with E-state index in [9.17, 15) is 18.0 Å². The van der Waals surface area contributed by atoms with Crippen LogP contribution >= 0.6 is 0 Å². The van der Waals surface area contributed by atoms with Crippen LogP contribution in [0, 0.1) is 5.92 Å². The number of benzene rings is 1. The first kappa shape index (κ1) is 23.0. The predicted molar refractivity (Wildman–Crippen MR) is 113 cm³/mol. The van der Waals surface area contributed by atoms with E-state index >= 15 is 0 Å². The van der Waals surface area contributed by atoms with Crippen LogP contribution in [0.3, 0.4) is 0 Å². The molecule has 1 aromatic rings. The first-order valence-corrected chi connectivity index (χ1v) is 11.7. The van der Waals surface area contributed by atoms with Gasteiger partial charge in [0.2, 0.25) is 0 Å². The van der Waals surface area contributed by atoms with Crippen molar-refractivity contribution in [3.05, 3.63) is 18.2 Å². The average molecular weight is 426 g/mol. The summed E-state index contributed by atoms with van der Waals surface area (Å²) in [7, 11) is -3.51. The third kappa shape index (κ3) is 6.62. The second-order valence-corrected chi connectivity index (χ2v) is 10.3. The Morgan fingerprint density at radius 2 is 2.00 bits per heavy atom. The standard InChI is InChI=1S/C20H31N3O5S/c1-6-15(13-24)23(19(25)28-20(2,3)4)22-16-8-7-9-17(29(5,26)27)18(16)21-12-14-10-11-14/h7-9,13-15,21-22H,6,10-12H2,1-5H3/t15-/m0/s1. The van der Waals surface area contributed by atoms with Crippen molar-refractivity contribution < 1.29 is 22.7 Å². The van der Waals surface area contributed by atoms with E-state index in [0.29, 0.717) is 36.5 Å². The lowest BCUT2D eigenvalue weighted by atomic mass is 10.2. The zero-order chi connectivity index (χ0) is 21.8. The van der Waals surface area contributed by atoms with Gasteiger partial charge in [-0.3, -0.25) is 5.43 Å². The van der Waals surface area contributed by atoms with Crippen LogP contribution in [0.4, 0.5) is 16.2 Å². The molecule has 1 aliphatic rings. The summed E-state index contributed by atoms with van der Waals surface area (Å²) in [6.45, 7) is 7.61. The van der Waals surface area contributed by atoms with Crippen LogP contribution in [0.2, 0.25) is 0 Å². The maximum Gasteiger partial charge on any atom is 0.429 e. The van der Waals surface area contributed by atoms with Crippen molar-refractivity contribution in [2.75, 3.05) is 23.5 Å². The van der Waals surface area contributed by atoms with E-state index in [-0.39, 0.29) is 4.90 Å². The summed E-state index contributed by atoms with van der Waals surface area (Å²) in [5, 5.41) is 4.32. The Hall–Kier alpha value is -2.29. The molecule has 1 amide bonds. The lowest BCUT2D eigenvalue weighted by molar-refractivity contribution is -0.112. The molecule has 0 saturated heterocycles. The topological polar surface area (TPSA) is 105 Å². The van der Waals surface area contributed by atoms with E-state index in [0.717, 1.165) is 24.1 Å². The van der Waals surface area contributed by atoms with Gasteiger partial charge in [0.15, 0.2) is 9.84 Å². The van der Waals surface area contributed by atoms with E-state index in [2.05, 4.69) is 10.7 Å². The number of carbonyl (C=O) groups is 2. The van der Waals surface area contributed by atoms with Gasteiger partial charge >= 0.3 is 6.09 Å². The summed E-state index contributed by atoms with van der Waals surface area (Å²) in [5.74, 6) is 0.510. The van der Waals surface area contributed by atoms with Gasteiger partial charge in [0.1, 0.15) is 17.9 Å². The molecule has 1 fully saturated rings. The van der Waals surface area contributed by atoms with Gasteiger partial charge in [-0.25, -0.2) is 18.2 Å². The minimum absolute atomic E-state index is 0.131. The highest BCUT2D eigenvalue weighted by Crippen LogP contribution is 2.34. The number of amides is 1. The lowest BCUT2D eigenvalue weighted by Crippen LogP contribution is -2.47. The molecule has 8 nitrogen and oxygen atoms in total. The van der Waals surface area contributed by atoms with Crippen LogP contribution < -0.4 is 10.7 Å². The molecule has 0 radical (unpaired) electrons. The summed E-state index contributed by atoms with van der Waals surface area (Å²) < 4.78 is 30.0. The number of nitrogens with one attached hydrogen (secondary N) is 2. The second kappa shape index (κ2) is 9.02. The van der Waals surface area contributed by atoms with Crippen LogP contribution in [-0.2, 0) is 19.4 Å². The Balaban J connectivity index is 2.42. The molecular formula is C20H31N3O5S. The second-order valence-electron chi connectivity index (χ2n) is 8.35. The van der Waals surface area contributed by atoms with Crippen molar-refractivity contribution in [2.24, 2.45) is 5.92 Å². The minimum Gasteiger partial charge on any atom is -0.442 e. The maximum absolute atomic E-state index is 12.7. The van der Waals surface area contributed by atoms with Gasteiger partial charge in [0.05, 0.1) is 16.3 Å². The molecule has 1 aromatic carbocycles. The number of para-hydroxylation sites is 1. The van der Waals surface area contributed by atoms with E-state index < -0.39 is 27.6 Å². The fourth-order valence-corrected chi connectivity index (χ4v) is 3.61. The molecule has 0 bridgehead atoms. The predicted octanol–water partition coefficient (Wildman–Crippen LogP) is 3.45. The van der Waals surface area contributed by atoms with Crippen molar-refractivity contribution in [2.45, 2.75) is 63.5 Å². The highest BCUT2D eigenvalue weighted by atomic mass is 32.2. The molecule has 162 valence electrons. The van der Waals surface area contributed by atoms with Crippen molar-refractivity contribution in [1.29, 1.82) is 0 Å². The number of anilines is 2. The van der Waals surface area contributed by atoms with Gasteiger partial charge in [0, 0.05) is 12.8 Å². The number of hydrazine groups is 1. The SMILES string of the molecule is CC[C@@H](C=O)N(Nc1cccc(S(C)(=O)=O)c1NCC1CC1)C(=O)OC(C)(C)C. The summed E-state index contributed by atoms with van der Waals surface area (Å²) >= 11 is 0. The Morgan fingerprint density at radius 3 is 2.48 bits per heavy atom. The van der Waals surface area contributed by atoms with E-state index in [1.54, 1.807) is 39.8 Å². The molecular weight excluding hydrogens is 394 g/mol. The van der Waals surface area contributed by atoms with Gasteiger partial charge < -0.3 is 14.8 Å². The van der Waals surface area contributed by atoms with Crippen molar-refractivity contribution in [1.82, 2.24) is 5.01 Å². The maximum atomic E-state index is 12.7. The molecule has 1 aliphatic carbocycles. The third-order valence-corrected chi connectivity index (χ3v) is 5.57. The molecule has 0 aliphatic heterocycles. The van der Waals surface area contributed by atoms with Crippen LogP contribution in [-0.4, -0.2) is 50.2 Å². The fraction of sp³-hybridized carbons (Fsp3) is 0.600. The molecule has 0 heterocycles. The van der Waals surface area contributed by atoms with Gasteiger partial charge in [-0.05, 0) is 58.1 Å². The van der Waals surface area contributed by atoms with Crippen LogP contribution in [0.1, 0.15) is 47.0 Å². The number of hydrogen-bond donors (Lipinski definition) is 2. The number of hydrogen-bond acceptors (Lipinski definition) is 7. The van der Waals surface area contributed by atoms with Gasteiger partial charge in [-0.2, -0.15) is 0 Å². The number of aldehydes is 1. The summed E-state index contributed by atoms with van der Waals surface area (Å²) in [6, 6.07) is 4.00.